The van der Waals surface area contributed by atoms with E-state index in [2.05, 4.69) is 16.0 Å². The minimum absolute atomic E-state index is 0.0474. The molecule has 5 N–H and O–H groups in total. The van der Waals surface area contributed by atoms with Gasteiger partial charge in [0.25, 0.3) is 0 Å². The number of fused-ring (bicyclic) bond motifs is 1. The van der Waals surface area contributed by atoms with Gasteiger partial charge in [0, 0.05) is 39.0 Å². The zero-order valence-electron chi connectivity index (χ0n) is 21.9. The lowest BCUT2D eigenvalue weighted by molar-refractivity contribution is -0.130. The van der Waals surface area contributed by atoms with Gasteiger partial charge in [-0.15, -0.1) is 0 Å². The number of anilines is 1. The molecule has 0 radical (unpaired) electrons. The van der Waals surface area contributed by atoms with Crippen molar-refractivity contribution in [1.82, 2.24) is 10.6 Å². The fraction of sp³-hybridized carbons (Fsp3) is 0.483. The number of hydrogen-bond acceptors (Lipinski definition) is 4. The van der Waals surface area contributed by atoms with E-state index in [-0.39, 0.29) is 41.8 Å². The first-order valence-corrected chi connectivity index (χ1v) is 14.3. The van der Waals surface area contributed by atoms with Gasteiger partial charge in [0.1, 0.15) is 5.82 Å². The molecule has 2 heterocycles. The second-order valence-electron chi connectivity index (χ2n) is 12.2. The number of carbonyl (C=O) groups is 3. The lowest BCUT2D eigenvalue weighted by Gasteiger charge is -2.53. The van der Waals surface area contributed by atoms with Crippen molar-refractivity contribution < 1.29 is 27.6 Å². The maximum absolute atomic E-state index is 16.1. The molecule has 3 amide bonds. The monoisotopic (exact) mass is 608 g/mol. The number of hydrogen-bond donors (Lipinski definition) is 4. The molecule has 2 aromatic rings. The fourth-order valence-electron chi connectivity index (χ4n) is 7.82. The molecule has 3 atom stereocenters. The van der Waals surface area contributed by atoms with Crippen LogP contribution in [0.3, 0.4) is 0 Å². The highest BCUT2D eigenvalue weighted by atomic mass is 35.5. The molecule has 0 bridgehead atoms. The molecule has 2 saturated carbocycles. The smallest absolute Gasteiger partial charge is 0.238 e. The highest BCUT2D eigenvalue weighted by Gasteiger charge is 2.70. The predicted octanol–water partition coefficient (Wildman–Crippen LogP) is 4.31. The molecule has 2 aliphatic carbocycles. The lowest BCUT2D eigenvalue weighted by Crippen LogP contribution is -2.63. The average Bonchev–Trinajstić information content (AvgIpc) is 3.40. The van der Waals surface area contributed by atoms with Crippen molar-refractivity contribution in [1.29, 1.82) is 0 Å². The summed E-state index contributed by atoms with van der Waals surface area (Å²) in [4.78, 5) is 39.5. The molecule has 2 aromatic carbocycles. The summed E-state index contributed by atoms with van der Waals surface area (Å²) in [5, 5.41) is 9.30. The second-order valence-corrected chi connectivity index (χ2v) is 13.1. The van der Waals surface area contributed by atoms with Gasteiger partial charge in [-0.05, 0) is 61.4 Å². The van der Waals surface area contributed by atoms with Crippen LogP contribution in [0.1, 0.15) is 49.1 Å². The molecule has 1 saturated heterocycles. The Kier molecular flexibility index (Phi) is 6.82. The van der Waals surface area contributed by atoms with Gasteiger partial charge in [-0.2, -0.15) is 0 Å². The van der Waals surface area contributed by atoms with Crippen molar-refractivity contribution >= 4 is 46.6 Å². The Labute approximate surface area is 244 Å². The van der Waals surface area contributed by atoms with Crippen molar-refractivity contribution in [3.8, 4) is 0 Å². The molecule has 1 spiro atoms. The van der Waals surface area contributed by atoms with Crippen molar-refractivity contribution in [3.63, 3.8) is 0 Å². The van der Waals surface area contributed by atoms with Gasteiger partial charge in [0.15, 0.2) is 0 Å². The average molecular weight is 609 g/mol. The number of halogens is 5. The first-order valence-electron chi connectivity index (χ1n) is 13.5. The van der Waals surface area contributed by atoms with E-state index >= 15 is 4.39 Å². The van der Waals surface area contributed by atoms with Crippen LogP contribution < -0.4 is 21.7 Å². The standard InChI is InChI=1S/C29H29Cl2F3N4O3/c30-15-4-5-17-20(8-15)37-25(40)21(17)29(18-2-1-3-19(31)22(18)34)11-28(9-27(10-28,12-32)13-33)38-23(29)26(41)36-16-6-14(7-16)24(35)39/h1-5,8,14,16,21,23,38H,6-7,9-13H2,(H2,35,39)(H,36,41)(H,37,40)/t14-,16-,21?,23-,29-/m0/s1. The van der Waals surface area contributed by atoms with E-state index in [1.165, 1.54) is 12.1 Å². The number of amides is 3. The SMILES string of the molecule is NC(=O)[C@H]1C[C@H](NC(=O)[C@@H]2NC3(CC(CF)(CF)C3)C[C@]2(c2cccc(Cl)c2F)C2C(=O)Nc3cc(Cl)ccc32)C1. The van der Waals surface area contributed by atoms with Gasteiger partial charge in [-0.25, -0.2) is 4.39 Å². The van der Waals surface area contributed by atoms with Crippen LogP contribution in [0.25, 0.3) is 0 Å². The van der Waals surface area contributed by atoms with Gasteiger partial charge < -0.3 is 16.4 Å². The molecule has 4 aliphatic rings. The van der Waals surface area contributed by atoms with Crippen molar-refractivity contribution in [2.24, 2.45) is 17.1 Å². The zero-order chi connectivity index (χ0) is 29.3. The van der Waals surface area contributed by atoms with Gasteiger partial charge in [-0.1, -0.05) is 41.4 Å². The summed E-state index contributed by atoms with van der Waals surface area (Å²) in [5.74, 6) is -3.63. The number of alkyl halides is 2. The van der Waals surface area contributed by atoms with Crippen molar-refractivity contribution in [2.75, 3.05) is 18.7 Å². The minimum Gasteiger partial charge on any atom is -0.369 e. The fourth-order valence-corrected chi connectivity index (χ4v) is 8.17. The first-order chi connectivity index (χ1) is 19.5. The van der Waals surface area contributed by atoms with Gasteiger partial charge in [-0.3, -0.25) is 28.5 Å². The predicted molar refractivity (Wildman–Crippen MR) is 148 cm³/mol. The molecule has 6 rings (SSSR count). The van der Waals surface area contributed by atoms with Gasteiger partial charge >= 0.3 is 0 Å². The highest BCUT2D eigenvalue weighted by Crippen LogP contribution is 2.63. The van der Waals surface area contributed by atoms with E-state index in [9.17, 15) is 23.2 Å². The normalized spacial score (nSPS) is 30.7. The van der Waals surface area contributed by atoms with Crippen LogP contribution >= 0.6 is 23.2 Å². The molecule has 41 heavy (non-hydrogen) atoms. The second kappa shape index (κ2) is 9.88. The summed E-state index contributed by atoms with van der Waals surface area (Å²) in [6.07, 6.45) is 0.891. The van der Waals surface area contributed by atoms with Crippen LogP contribution in [0, 0.1) is 17.2 Å². The van der Waals surface area contributed by atoms with E-state index in [1.807, 2.05) is 0 Å². The molecule has 12 heteroatoms. The van der Waals surface area contributed by atoms with Crippen molar-refractivity contribution in [3.05, 3.63) is 63.4 Å². The number of benzene rings is 2. The Morgan fingerprint density at radius 3 is 2.44 bits per heavy atom. The van der Waals surface area contributed by atoms with E-state index < -0.39 is 65.2 Å². The summed E-state index contributed by atoms with van der Waals surface area (Å²) in [6.45, 7) is -1.77. The Bertz CT molecular complexity index is 1440. The molecule has 3 fully saturated rings. The largest absolute Gasteiger partial charge is 0.369 e. The van der Waals surface area contributed by atoms with Crippen LogP contribution in [0.4, 0.5) is 18.9 Å². The maximum Gasteiger partial charge on any atom is 0.238 e. The number of carbonyl (C=O) groups excluding carboxylic acids is 3. The molecule has 7 nitrogen and oxygen atoms in total. The number of primary amides is 1. The highest BCUT2D eigenvalue weighted by molar-refractivity contribution is 6.31. The Morgan fingerprint density at radius 2 is 1.78 bits per heavy atom. The van der Waals surface area contributed by atoms with Crippen LogP contribution in [0.15, 0.2) is 36.4 Å². The maximum atomic E-state index is 16.1. The third kappa shape index (κ3) is 4.32. The van der Waals surface area contributed by atoms with Gasteiger partial charge in [0.05, 0.1) is 30.3 Å². The Balaban J connectivity index is 1.50. The number of rotatable bonds is 7. The molecule has 218 valence electrons. The number of nitrogens with two attached hydrogens (primary N) is 1. The molecular weight excluding hydrogens is 580 g/mol. The summed E-state index contributed by atoms with van der Waals surface area (Å²) in [7, 11) is 0. The van der Waals surface area contributed by atoms with E-state index in [4.69, 9.17) is 28.9 Å². The molecule has 2 aliphatic heterocycles. The van der Waals surface area contributed by atoms with E-state index in [1.54, 1.807) is 24.3 Å². The topological polar surface area (TPSA) is 113 Å². The minimum atomic E-state index is -1.53. The molecule has 1 unspecified atom stereocenters. The van der Waals surface area contributed by atoms with E-state index in [0.29, 0.717) is 29.1 Å². The summed E-state index contributed by atoms with van der Waals surface area (Å²) in [6, 6.07) is 7.77. The van der Waals surface area contributed by atoms with E-state index in [0.717, 1.165) is 0 Å². The quantitative estimate of drug-likeness (QED) is 0.375. The van der Waals surface area contributed by atoms with Gasteiger partial charge in [0.2, 0.25) is 17.7 Å². The van der Waals surface area contributed by atoms with Crippen LogP contribution in [0.2, 0.25) is 10.0 Å². The first kappa shape index (κ1) is 28.3. The Morgan fingerprint density at radius 1 is 1.07 bits per heavy atom. The van der Waals surface area contributed by atoms with Crippen LogP contribution in [-0.4, -0.2) is 48.7 Å². The zero-order valence-corrected chi connectivity index (χ0v) is 23.4. The molecular formula is C29H29Cl2F3N4O3. The summed E-state index contributed by atoms with van der Waals surface area (Å²) < 4.78 is 44.1. The lowest BCUT2D eigenvalue weighted by atomic mass is 9.53. The van der Waals surface area contributed by atoms with Crippen molar-refractivity contribution in [2.45, 2.75) is 61.1 Å². The molecule has 0 aromatic heterocycles. The summed E-state index contributed by atoms with van der Waals surface area (Å²) >= 11 is 12.5. The third-order valence-electron chi connectivity index (χ3n) is 9.55. The Hall–Kier alpha value is -2.82. The number of nitrogens with one attached hydrogen (secondary N) is 3. The van der Waals surface area contributed by atoms with Crippen LogP contribution in [-0.2, 0) is 19.8 Å². The van der Waals surface area contributed by atoms with Crippen LogP contribution in [0.5, 0.6) is 0 Å². The summed E-state index contributed by atoms with van der Waals surface area (Å²) in [5.41, 5.74) is 2.71. The third-order valence-corrected chi connectivity index (χ3v) is 10.1.